The van der Waals surface area contributed by atoms with E-state index in [4.69, 9.17) is 4.74 Å². The summed E-state index contributed by atoms with van der Waals surface area (Å²) < 4.78 is 10.4. The minimum absolute atomic E-state index is 0.214. The third-order valence-electron chi connectivity index (χ3n) is 4.02. The first-order valence-corrected chi connectivity index (χ1v) is 9.04. The highest BCUT2D eigenvalue weighted by molar-refractivity contribution is 5.72. The number of methoxy groups -OCH3 is 1. The van der Waals surface area contributed by atoms with Crippen LogP contribution >= 0.6 is 0 Å². The highest BCUT2D eigenvalue weighted by Gasteiger charge is 2.02. The van der Waals surface area contributed by atoms with Crippen LogP contribution in [-0.4, -0.2) is 19.7 Å². The van der Waals surface area contributed by atoms with Crippen LogP contribution in [-0.2, 0) is 16.0 Å². The van der Waals surface area contributed by atoms with Gasteiger partial charge < -0.3 is 9.47 Å². The van der Waals surface area contributed by atoms with Crippen LogP contribution in [0, 0.1) is 0 Å². The van der Waals surface area contributed by atoms with Crippen LogP contribution in [0.3, 0.4) is 0 Å². The number of carbonyl (C=O) groups excluding carboxylic acids is 1. The maximum Gasteiger partial charge on any atom is 0.309 e. The topological polar surface area (TPSA) is 35.5 Å². The molecule has 0 saturated heterocycles. The molecule has 3 nitrogen and oxygen atoms in total. The molecule has 0 amide bonds. The Balaban J connectivity index is 2.02. The zero-order chi connectivity index (χ0) is 16.8. The van der Waals surface area contributed by atoms with Crippen molar-refractivity contribution in [3.8, 4) is 5.75 Å². The summed E-state index contributed by atoms with van der Waals surface area (Å²) in [6.07, 6.45) is 12.2. The molecule has 0 bridgehead atoms. The fraction of sp³-hybridized carbons (Fsp3) is 0.650. The summed E-state index contributed by atoms with van der Waals surface area (Å²) in [4.78, 5) is 11.2. The summed E-state index contributed by atoms with van der Waals surface area (Å²) >= 11 is 0. The lowest BCUT2D eigenvalue weighted by Gasteiger charge is -2.07. The number of esters is 1. The molecule has 23 heavy (non-hydrogen) atoms. The molecule has 1 rings (SSSR count). The molecule has 0 N–H and O–H groups in total. The van der Waals surface area contributed by atoms with Gasteiger partial charge >= 0.3 is 5.97 Å². The number of rotatable bonds is 13. The van der Waals surface area contributed by atoms with Gasteiger partial charge in [-0.15, -0.1) is 0 Å². The molecule has 0 radical (unpaired) electrons. The van der Waals surface area contributed by atoms with Crippen molar-refractivity contribution in [3.05, 3.63) is 29.8 Å². The van der Waals surface area contributed by atoms with E-state index in [9.17, 15) is 4.79 Å². The Morgan fingerprint density at radius 1 is 0.870 bits per heavy atom. The fourth-order valence-electron chi connectivity index (χ4n) is 2.55. The normalized spacial score (nSPS) is 10.5. The van der Waals surface area contributed by atoms with E-state index >= 15 is 0 Å². The number of ether oxygens (including phenoxy) is 2. The second-order valence-corrected chi connectivity index (χ2v) is 6.07. The maximum absolute atomic E-state index is 11.2. The number of carbonyl (C=O) groups is 1. The number of unbranched alkanes of at least 4 members (excludes halogenated alkanes) is 8. The van der Waals surface area contributed by atoms with Crippen molar-refractivity contribution in [1.29, 1.82) is 0 Å². The smallest absolute Gasteiger partial charge is 0.309 e. The van der Waals surface area contributed by atoms with Crippen molar-refractivity contribution in [2.24, 2.45) is 0 Å². The number of benzene rings is 1. The Morgan fingerprint density at radius 2 is 1.43 bits per heavy atom. The van der Waals surface area contributed by atoms with Gasteiger partial charge in [-0.05, 0) is 24.1 Å². The van der Waals surface area contributed by atoms with Crippen LogP contribution in [0.2, 0.25) is 0 Å². The van der Waals surface area contributed by atoms with Crippen molar-refractivity contribution in [2.45, 2.75) is 71.1 Å². The molecule has 0 heterocycles. The molecule has 0 fully saturated rings. The lowest BCUT2D eigenvalue weighted by molar-refractivity contribution is -0.139. The maximum atomic E-state index is 11.2. The summed E-state index contributed by atoms with van der Waals surface area (Å²) in [5.74, 6) is 0.659. The second-order valence-electron chi connectivity index (χ2n) is 6.07. The van der Waals surface area contributed by atoms with Gasteiger partial charge in [0.05, 0.1) is 20.1 Å². The van der Waals surface area contributed by atoms with E-state index in [1.54, 1.807) is 0 Å². The molecule has 0 atom stereocenters. The second kappa shape index (κ2) is 13.0. The summed E-state index contributed by atoms with van der Waals surface area (Å²) in [7, 11) is 1.41. The molecule has 1 aromatic carbocycles. The minimum Gasteiger partial charge on any atom is -0.494 e. The molecule has 0 aliphatic rings. The SMILES string of the molecule is CCCCCCCCCCCOc1ccc(CC(=O)OC)cc1. The van der Waals surface area contributed by atoms with Crippen molar-refractivity contribution in [1.82, 2.24) is 0 Å². The van der Waals surface area contributed by atoms with Gasteiger partial charge in [-0.3, -0.25) is 4.79 Å². The van der Waals surface area contributed by atoms with E-state index < -0.39 is 0 Å². The first kappa shape index (κ1) is 19.5. The molecule has 1 aromatic rings. The molecule has 0 aliphatic carbocycles. The third-order valence-corrected chi connectivity index (χ3v) is 4.02. The van der Waals surface area contributed by atoms with E-state index in [2.05, 4.69) is 11.7 Å². The van der Waals surface area contributed by atoms with E-state index in [1.807, 2.05) is 24.3 Å². The predicted molar refractivity (Wildman–Crippen MR) is 94.9 cm³/mol. The van der Waals surface area contributed by atoms with Gasteiger partial charge in [0.15, 0.2) is 0 Å². The molecule has 0 spiro atoms. The number of hydrogen-bond acceptors (Lipinski definition) is 3. The zero-order valence-electron chi connectivity index (χ0n) is 14.8. The predicted octanol–water partition coefficient (Wildman–Crippen LogP) is 5.31. The molecule has 130 valence electrons. The molecular weight excluding hydrogens is 288 g/mol. The molecule has 0 saturated carbocycles. The average molecular weight is 320 g/mol. The highest BCUT2D eigenvalue weighted by atomic mass is 16.5. The summed E-state index contributed by atoms with van der Waals surface area (Å²) in [6, 6.07) is 7.68. The average Bonchev–Trinajstić information content (AvgIpc) is 2.58. The van der Waals surface area contributed by atoms with E-state index in [-0.39, 0.29) is 5.97 Å². The number of hydrogen-bond donors (Lipinski definition) is 0. The Labute approximate surface area is 141 Å². The van der Waals surface area contributed by atoms with Crippen molar-refractivity contribution in [3.63, 3.8) is 0 Å². The van der Waals surface area contributed by atoms with Crippen LogP contribution < -0.4 is 4.74 Å². The Hall–Kier alpha value is -1.51. The molecular formula is C20H32O3. The quantitative estimate of drug-likeness (QED) is 0.365. The van der Waals surface area contributed by atoms with Gasteiger partial charge in [-0.1, -0.05) is 70.4 Å². The lowest BCUT2D eigenvalue weighted by Crippen LogP contribution is -2.04. The highest BCUT2D eigenvalue weighted by Crippen LogP contribution is 2.14. The van der Waals surface area contributed by atoms with Crippen LogP contribution in [0.5, 0.6) is 5.75 Å². The molecule has 0 aliphatic heterocycles. The van der Waals surface area contributed by atoms with Gasteiger partial charge in [-0.2, -0.15) is 0 Å². The Kier molecular flexibility index (Phi) is 11.0. The van der Waals surface area contributed by atoms with Gasteiger partial charge in [0.25, 0.3) is 0 Å². The van der Waals surface area contributed by atoms with Crippen molar-refractivity contribution >= 4 is 5.97 Å². The van der Waals surface area contributed by atoms with Gasteiger partial charge in [-0.25, -0.2) is 0 Å². The Morgan fingerprint density at radius 3 is 2.00 bits per heavy atom. The summed E-state index contributed by atoms with van der Waals surface area (Å²) in [6.45, 7) is 3.03. The van der Waals surface area contributed by atoms with Crippen LogP contribution in [0.1, 0.15) is 70.3 Å². The van der Waals surface area contributed by atoms with Gasteiger partial charge in [0.1, 0.15) is 5.75 Å². The third kappa shape index (κ3) is 9.98. The van der Waals surface area contributed by atoms with Crippen LogP contribution in [0.4, 0.5) is 0 Å². The molecule has 3 heteroatoms. The first-order valence-electron chi connectivity index (χ1n) is 9.04. The zero-order valence-corrected chi connectivity index (χ0v) is 14.8. The first-order chi connectivity index (χ1) is 11.3. The van der Waals surface area contributed by atoms with Crippen molar-refractivity contribution < 1.29 is 14.3 Å². The largest absolute Gasteiger partial charge is 0.494 e. The minimum atomic E-state index is -0.214. The lowest BCUT2D eigenvalue weighted by atomic mass is 10.1. The van der Waals surface area contributed by atoms with Crippen LogP contribution in [0.15, 0.2) is 24.3 Å². The van der Waals surface area contributed by atoms with Gasteiger partial charge in [0.2, 0.25) is 0 Å². The summed E-state index contributed by atoms with van der Waals surface area (Å²) in [5, 5.41) is 0. The molecule has 0 aromatic heterocycles. The van der Waals surface area contributed by atoms with E-state index in [0.717, 1.165) is 24.3 Å². The standard InChI is InChI=1S/C20H32O3/c1-3-4-5-6-7-8-9-10-11-16-23-19-14-12-18(13-15-19)17-20(21)22-2/h12-15H,3-11,16-17H2,1-2H3. The monoisotopic (exact) mass is 320 g/mol. The van der Waals surface area contributed by atoms with E-state index in [1.165, 1.54) is 58.5 Å². The van der Waals surface area contributed by atoms with E-state index in [0.29, 0.717) is 6.42 Å². The van der Waals surface area contributed by atoms with Crippen LogP contribution in [0.25, 0.3) is 0 Å². The summed E-state index contributed by atoms with van der Waals surface area (Å²) in [5.41, 5.74) is 0.951. The Bertz CT molecular complexity index is 411. The molecule has 0 unspecified atom stereocenters. The van der Waals surface area contributed by atoms with Gasteiger partial charge in [0, 0.05) is 0 Å². The van der Waals surface area contributed by atoms with Crippen molar-refractivity contribution in [2.75, 3.05) is 13.7 Å². The fourth-order valence-corrected chi connectivity index (χ4v) is 2.55.